The van der Waals surface area contributed by atoms with E-state index in [0.717, 1.165) is 19.5 Å². The summed E-state index contributed by atoms with van der Waals surface area (Å²) in [5.41, 5.74) is 5.27. The van der Waals surface area contributed by atoms with Crippen molar-refractivity contribution in [3.63, 3.8) is 0 Å². The SMILES string of the molecule is C[C@@H]1CCN(c2ncc([N+](=O)[O-])c(N)n2)C1. The Morgan fingerprint density at radius 2 is 2.44 bits per heavy atom. The molecule has 2 heterocycles. The van der Waals surface area contributed by atoms with E-state index in [1.807, 2.05) is 4.90 Å². The number of nitrogens with zero attached hydrogens (tertiary/aromatic N) is 4. The molecule has 16 heavy (non-hydrogen) atoms. The second kappa shape index (κ2) is 3.92. The summed E-state index contributed by atoms with van der Waals surface area (Å²) in [6.07, 6.45) is 2.25. The fraction of sp³-hybridized carbons (Fsp3) is 0.556. The van der Waals surface area contributed by atoms with Gasteiger partial charge in [-0.25, -0.2) is 4.98 Å². The van der Waals surface area contributed by atoms with Crippen molar-refractivity contribution < 1.29 is 4.92 Å². The summed E-state index contributed by atoms with van der Waals surface area (Å²) in [7, 11) is 0. The number of nitro groups is 1. The highest BCUT2D eigenvalue weighted by Crippen LogP contribution is 2.24. The molecule has 7 nitrogen and oxygen atoms in total. The number of hydrogen-bond acceptors (Lipinski definition) is 6. The number of aromatic nitrogens is 2. The van der Waals surface area contributed by atoms with Crippen molar-refractivity contribution in [1.82, 2.24) is 9.97 Å². The van der Waals surface area contributed by atoms with Crippen molar-refractivity contribution in [2.45, 2.75) is 13.3 Å². The quantitative estimate of drug-likeness (QED) is 0.588. The number of rotatable bonds is 2. The van der Waals surface area contributed by atoms with Gasteiger partial charge in [-0.15, -0.1) is 0 Å². The average molecular weight is 223 g/mol. The van der Waals surface area contributed by atoms with Crippen LogP contribution in [0.25, 0.3) is 0 Å². The number of nitrogens with two attached hydrogens (primary N) is 1. The van der Waals surface area contributed by atoms with E-state index in [1.165, 1.54) is 6.20 Å². The Morgan fingerprint density at radius 1 is 1.69 bits per heavy atom. The molecule has 0 bridgehead atoms. The predicted octanol–water partition coefficient (Wildman–Crippen LogP) is 0.813. The third kappa shape index (κ3) is 1.88. The molecule has 2 rings (SSSR count). The van der Waals surface area contributed by atoms with Gasteiger partial charge < -0.3 is 10.6 Å². The molecule has 1 aliphatic heterocycles. The molecule has 0 unspecified atom stereocenters. The first kappa shape index (κ1) is 10.6. The van der Waals surface area contributed by atoms with Crippen molar-refractivity contribution in [3.05, 3.63) is 16.3 Å². The van der Waals surface area contributed by atoms with Crippen molar-refractivity contribution in [3.8, 4) is 0 Å². The Kier molecular flexibility index (Phi) is 2.59. The summed E-state index contributed by atoms with van der Waals surface area (Å²) in [6, 6.07) is 0. The number of nitrogen functional groups attached to an aromatic ring is 1. The van der Waals surface area contributed by atoms with E-state index in [2.05, 4.69) is 16.9 Å². The van der Waals surface area contributed by atoms with Crippen LogP contribution < -0.4 is 10.6 Å². The largest absolute Gasteiger partial charge is 0.378 e. The van der Waals surface area contributed by atoms with Gasteiger partial charge in [0.05, 0.1) is 4.92 Å². The minimum Gasteiger partial charge on any atom is -0.378 e. The summed E-state index contributed by atoms with van der Waals surface area (Å²) < 4.78 is 0. The standard InChI is InChI=1S/C9H13N5O2/c1-6-2-3-13(5-6)9-11-4-7(14(15)16)8(10)12-9/h4,6H,2-3,5H2,1H3,(H2,10,11,12)/t6-/m1/s1. The zero-order valence-corrected chi connectivity index (χ0v) is 8.96. The Labute approximate surface area is 92.4 Å². The van der Waals surface area contributed by atoms with Crippen LogP contribution in [0.15, 0.2) is 6.20 Å². The van der Waals surface area contributed by atoms with Gasteiger partial charge in [-0.1, -0.05) is 6.92 Å². The minimum atomic E-state index is -0.578. The van der Waals surface area contributed by atoms with E-state index in [9.17, 15) is 10.1 Å². The van der Waals surface area contributed by atoms with Crippen LogP contribution in [-0.2, 0) is 0 Å². The lowest BCUT2D eigenvalue weighted by atomic mass is 10.2. The van der Waals surface area contributed by atoms with Crippen LogP contribution >= 0.6 is 0 Å². The molecule has 0 aromatic carbocycles. The maximum Gasteiger partial charge on any atom is 0.329 e. The molecule has 1 aromatic rings. The third-order valence-corrected chi connectivity index (χ3v) is 2.69. The monoisotopic (exact) mass is 223 g/mol. The molecular weight excluding hydrogens is 210 g/mol. The van der Waals surface area contributed by atoms with Gasteiger partial charge in [-0.2, -0.15) is 4.98 Å². The first-order valence-corrected chi connectivity index (χ1v) is 5.10. The van der Waals surface area contributed by atoms with E-state index < -0.39 is 4.92 Å². The molecule has 2 N–H and O–H groups in total. The van der Waals surface area contributed by atoms with Crippen LogP contribution in [0.2, 0.25) is 0 Å². The lowest BCUT2D eigenvalue weighted by Gasteiger charge is -2.15. The van der Waals surface area contributed by atoms with Gasteiger partial charge in [0.15, 0.2) is 0 Å². The molecule has 0 aliphatic carbocycles. The van der Waals surface area contributed by atoms with Crippen LogP contribution in [0.5, 0.6) is 0 Å². The molecule has 0 saturated carbocycles. The van der Waals surface area contributed by atoms with Gasteiger partial charge in [0.25, 0.3) is 0 Å². The van der Waals surface area contributed by atoms with Crippen LogP contribution in [0.3, 0.4) is 0 Å². The molecule has 7 heteroatoms. The zero-order valence-electron chi connectivity index (χ0n) is 8.96. The average Bonchev–Trinajstić information content (AvgIpc) is 2.64. The van der Waals surface area contributed by atoms with Gasteiger partial charge in [0.1, 0.15) is 6.20 Å². The minimum absolute atomic E-state index is 0.0745. The first-order valence-electron chi connectivity index (χ1n) is 5.10. The van der Waals surface area contributed by atoms with Gasteiger partial charge >= 0.3 is 5.69 Å². The molecule has 0 radical (unpaired) electrons. The van der Waals surface area contributed by atoms with E-state index in [4.69, 9.17) is 5.73 Å². The van der Waals surface area contributed by atoms with Crippen molar-refractivity contribution in [1.29, 1.82) is 0 Å². The molecule has 1 fully saturated rings. The summed E-state index contributed by atoms with van der Waals surface area (Å²) in [4.78, 5) is 19.9. The fourth-order valence-electron chi connectivity index (χ4n) is 1.79. The summed E-state index contributed by atoms with van der Waals surface area (Å²) in [5.74, 6) is 1.00. The van der Waals surface area contributed by atoms with Gasteiger partial charge in [-0.05, 0) is 12.3 Å². The molecule has 1 saturated heterocycles. The van der Waals surface area contributed by atoms with E-state index >= 15 is 0 Å². The highest BCUT2D eigenvalue weighted by Gasteiger charge is 2.23. The second-order valence-corrected chi connectivity index (χ2v) is 4.04. The van der Waals surface area contributed by atoms with Crippen molar-refractivity contribution in [2.24, 2.45) is 5.92 Å². The number of hydrogen-bond donors (Lipinski definition) is 1. The van der Waals surface area contributed by atoms with Gasteiger partial charge in [0.2, 0.25) is 11.8 Å². The van der Waals surface area contributed by atoms with E-state index in [0.29, 0.717) is 11.9 Å². The molecule has 86 valence electrons. The maximum absolute atomic E-state index is 10.5. The summed E-state index contributed by atoms with van der Waals surface area (Å²) in [5, 5.41) is 10.5. The maximum atomic E-state index is 10.5. The normalized spacial score (nSPS) is 20.1. The fourth-order valence-corrected chi connectivity index (χ4v) is 1.79. The third-order valence-electron chi connectivity index (χ3n) is 2.69. The van der Waals surface area contributed by atoms with Gasteiger partial charge in [-0.3, -0.25) is 10.1 Å². The van der Waals surface area contributed by atoms with Crippen LogP contribution in [0.1, 0.15) is 13.3 Å². The zero-order chi connectivity index (χ0) is 11.7. The molecule has 1 aliphatic rings. The van der Waals surface area contributed by atoms with Gasteiger partial charge in [0, 0.05) is 13.1 Å². The molecular formula is C9H13N5O2. The van der Waals surface area contributed by atoms with Crippen LogP contribution in [0, 0.1) is 16.0 Å². The van der Waals surface area contributed by atoms with Crippen molar-refractivity contribution >= 4 is 17.5 Å². The molecule has 0 amide bonds. The van der Waals surface area contributed by atoms with E-state index in [1.54, 1.807) is 0 Å². The Morgan fingerprint density at radius 3 is 2.94 bits per heavy atom. The smallest absolute Gasteiger partial charge is 0.329 e. The second-order valence-electron chi connectivity index (χ2n) is 4.04. The lowest BCUT2D eigenvalue weighted by molar-refractivity contribution is -0.384. The summed E-state index contributed by atoms with van der Waals surface area (Å²) >= 11 is 0. The highest BCUT2D eigenvalue weighted by atomic mass is 16.6. The Balaban J connectivity index is 2.24. The van der Waals surface area contributed by atoms with E-state index in [-0.39, 0.29) is 11.5 Å². The summed E-state index contributed by atoms with van der Waals surface area (Å²) in [6.45, 7) is 3.89. The Hall–Kier alpha value is -1.92. The molecule has 0 spiro atoms. The van der Waals surface area contributed by atoms with Crippen LogP contribution in [0.4, 0.5) is 17.5 Å². The van der Waals surface area contributed by atoms with Crippen molar-refractivity contribution in [2.75, 3.05) is 23.7 Å². The van der Waals surface area contributed by atoms with Crippen LogP contribution in [-0.4, -0.2) is 28.0 Å². The number of anilines is 2. The molecule has 1 atom stereocenters. The molecule has 1 aromatic heterocycles. The predicted molar refractivity (Wildman–Crippen MR) is 59.1 cm³/mol. The Bertz CT molecular complexity index is 422. The lowest BCUT2D eigenvalue weighted by Crippen LogP contribution is -2.22. The highest BCUT2D eigenvalue weighted by molar-refractivity contribution is 5.53. The first-order chi connectivity index (χ1) is 7.58. The topological polar surface area (TPSA) is 98.2 Å².